The van der Waals surface area contributed by atoms with Gasteiger partial charge >= 0.3 is 0 Å². The van der Waals surface area contributed by atoms with E-state index in [9.17, 15) is 0 Å². The van der Waals surface area contributed by atoms with Gasteiger partial charge in [-0.15, -0.1) is 0 Å². The molecule has 5 nitrogen and oxygen atoms in total. The molecule has 168 valence electrons. The van der Waals surface area contributed by atoms with Crippen LogP contribution in [0, 0.1) is 0 Å². The van der Waals surface area contributed by atoms with Crippen molar-refractivity contribution in [1.29, 1.82) is 0 Å². The van der Waals surface area contributed by atoms with E-state index < -0.39 is 0 Å². The normalized spacial score (nSPS) is 17.2. The highest BCUT2D eigenvalue weighted by molar-refractivity contribution is 6.09. The number of aliphatic imine (C=N–C) groups is 1. The Balaban J connectivity index is 1.46. The molecule has 0 bridgehead atoms. The van der Waals surface area contributed by atoms with E-state index in [0.29, 0.717) is 6.67 Å². The zero-order chi connectivity index (χ0) is 23.0. The number of rotatable bonds is 3. The molecule has 3 aromatic carbocycles. The zero-order valence-electron chi connectivity index (χ0n) is 19.6. The zero-order valence-corrected chi connectivity index (χ0v) is 19.6. The Kier molecular flexibility index (Phi) is 5.33. The summed E-state index contributed by atoms with van der Waals surface area (Å²) in [6.07, 6.45) is 2.16. The maximum Gasteiger partial charge on any atom is 0.129 e. The molecule has 0 aromatic heterocycles. The van der Waals surface area contributed by atoms with Crippen LogP contribution in [0.15, 0.2) is 83.9 Å². The van der Waals surface area contributed by atoms with Crippen LogP contribution in [-0.4, -0.2) is 24.5 Å². The summed E-state index contributed by atoms with van der Waals surface area (Å²) in [5.74, 6) is 1.69. The average Bonchev–Trinajstić information content (AvgIpc) is 2.83. The van der Waals surface area contributed by atoms with Crippen LogP contribution in [-0.2, 0) is 5.41 Å². The van der Waals surface area contributed by atoms with Crippen LogP contribution in [0.25, 0.3) is 5.70 Å². The van der Waals surface area contributed by atoms with Crippen LogP contribution in [0.3, 0.4) is 0 Å². The van der Waals surface area contributed by atoms with Gasteiger partial charge in [0.05, 0.1) is 12.8 Å². The lowest BCUT2D eigenvalue weighted by atomic mass is 9.86. The summed E-state index contributed by atoms with van der Waals surface area (Å²) in [6, 6.07) is 25.3. The number of methoxy groups -OCH3 is 1. The van der Waals surface area contributed by atoms with E-state index in [2.05, 4.69) is 90.9 Å². The van der Waals surface area contributed by atoms with Gasteiger partial charge in [0.2, 0.25) is 0 Å². The molecule has 0 saturated carbocycles. The van der Waals surface area contributed by atoms with Crippen molar-refractivity contribution in [2.75, 3.05) is 24.4 Å². The van der Waals surface area contributed by atoms with Gasteiger partial charge in [0.25, 0.3) is 0 Å². The summed E-state index contributed by atoms with van der Waals surface area (Å²) < 4.78 is 5.27. The molecule has 1 atom stereocenters. The fraction of sp³-hybridized carbons (Fsp3) is 0.250. The predicted molar refractivity (Wildman–Crippen MR) is 137 cm³/mol. The van der Waals surface area contributed by atoms with Crippen molar-refractivity contribution in [3.8, 4) is 5.75 Å². The van der Waals surface area contributed by atoms with Gasteiger partial charge < -0.3 is 20.3 Å². The van der Waals surface area contributed by atoms with Crippen LogP contribution in [0.2, 0.25) is 0 Å². The highest BCUT2D eigenvalue weighted by atomic mass is 16.5. The number of para-hydroxylation sites is 1. The predicted octanol–water partition coefficient (Wildman–Crippen LogP) is 6.24. The Morgan fingerprint density at radius 2 is 1.70 bits per heavy atom. The number of amidine groups is 1. The van der Waals surface area contributed by atoms with Crippen molar-refractivity contribution < 1.29 is 4.74 Å². The van der Waals surface area contributed by atoms with Crippen molar-refractivity contribution in [3.63, 3.8) is 0 Å². The Bertz CT molecular complexity index is 1200. The number of anilines is 2. The van der Waals surface area contributed by atoms with E-state index in [1.165, 1.54) is 22.4 Å². The highest BCUT2D eigenvalue weighted by Crippen LogP contribution is 2.41. The van der Waals surface area contributed by atoms with Gasteiger partial charge in [0, 0.05) is 23.0 Å². The van der Waals surface area contributed by atoms with Gasteiger partial charge in [-0.1, -0.05) is 63.2 Å². The maximum absolute atomic E-state index is 5.27. The van der Waals surface area contributed by atoms with E-state index >= 15 is 0 Å². The number of benzene rings is 3. The van der Waals surface area contributed by atoms with E-state index in [1.54, 1.807) is 7.11 Å². The molecule has 33 heavy (non-hydrogen) atoms. The molecule has 0 amide bonds. The minimum Gasteiger partial charge on any atom is -0.497 e. The van der Waals surface area contributed by atoms with Gasteiger partial charge in [0.15, 0.2) is 0 Å². The molecule has 5 rings (SSSR count). The number of hydrogen-bond donors (Lipinski definition) is 2. The van der Waals surface area contributed by atoms with Crippen LogP contribution < -0.4 is 15.4 Å². The lowest BCUT2D eigenvalue weighted by Crippen LogP contribution is -2.39. The molecule has 0 radical (unpaired) electrons. The van der Waals surface area contributed by atoms with E-state index in [-0.39, 0.29) is 11.6 Å². The second-order valence-corrected chi connectivity index (χ2v) is 9.50. The van der Waals surface area contributed by atoms with Gasteiger partial charge in [0.1, 0.15) is 24.4 Å². The van der Waals surface area contributed by atoms with E-state index in [0.717, 1.165) is 23.0 Å². The first-order valence-corrected chi connectivity index (χ1v) is 11.3. The lowest BCUT2D eigenvalue weighted by Gasteiger charge is -2.42. The molecule has 2 heterocycles. The third-order valence-electron chi connectivity index (χ3n) is 6.24. The smallest absolute Gasteiger partial charge is 0.129 e. The third kappa shape index (κ3) is 4.19. The van der Waals surface area contributed by atoms with Gasteiger partial charge in [-0.2, -0.15) is 0 Å². The number of fused-ring (bicyclic) bond motifs is 3. The number of nitrogens with one attached hydrogen (secondary N) is 2. The van der Waals surface area contributed by atoms with Crippen LogP contribution in [0.4, 0.5) is 11.4 Å². The molecule has 5 heteroatoms. The van der Waals surface area contributed by atoms with Crippen molar-refractivity contribution in [1.82, 2.24) is 4.90 Å². The van der Waals surface area contributed by atoms with Crippen molar-refractivity contribution in [2.24, 2.45) is 4.99 Å². The summed E-state index contributed by atoms with van der Waals surface area (Å²) >= 11 is 0. The molecule has 0 spiro atoms. The van der Waals surface area contributed by atoms with Gasteiger partial charge in [-0.3, -0.25) is 0 Å². The summed E-state index contributed by atoms with van der Waals surface area (Å²) in [5.41, 5.74) is 7.16. The number of hydrogen-bond acceptors (Lipinski definition) is 5. The van der Waals surface area contributed by atoms with E-state index in [4.69, 9.17) is 9.73 Å². The first kappa shape index (κ1) is 21.1. The largest absolute Gasteiger partial charge is 0.497 e. The van der Waals surface area contributed by atoms with Crippen LogP contribution in [0.5, 0.6) is 5.75 Å². The summed E-state index contributed by atoms with van der Waals surface area (Å²) in [7, 11) is 1.67. The monoisotopic (exact) mass is 438 g/mol. The molecular weight excluding hydrogens is 408 g/mol. The molecular formula is C28H30N4O. The average molecular weight is 439 g/mol. The minimum atomic E-state index is 0.0199. The fourth-order valence-electron chi connectivity index (χ4n) is 4.32. The quantitative estimate of drug-likeness (QED) is 0.508. The Morgan fingerprint density at radius 1 is 0.970 bits per heavy atom. The number of ether oxygens (including phenoxy) is 1. The van der Waals surface area contributed by atoms with Gasteiger partial charge in [-0.25, -0.2) is 4.99 Å². The first-order chi connectivity index (χ1) is 15.9. The SMILES string of the molecule is COc1ccc(NC2=NCN3C(=C2)c2ccccc2NC3c2ccc(C(C)(C)C)cc2)cc1. The van der Waals surface area contributed by atoms with Crippen LogP contribution in [0.1, 0.15) is 43.6 Å². The molecule has 0 saturated heterocycles. The standard InChI is InChI=1S/C28H30N4O/c1-28(2,3)20-11-9-19(10-12-20)27-31-24-8-6-5-7-23(24)25-17-26(29-18-32(25)27)30-21-13-15-22(33-4)16-14-21/h5-17,27,31H,18H2,1-4H3,(H,29,30). The molecule has 0 fully saturated rings. The topological polar surface area (TPSA) is 48.9 Å². The maximum atomic E-state index is 5.27. The minimum absolute atomic E-state index is 0.0199. The summed E-state index contributed by atoms with van der Waals surface area (Å²) in [6.45, 7) is 7.30. The Hall–Kier alpha value is -3.73. The first-order valence-electron chi connectivity index (χ1n) is 11.3. The molecule has 0 aliphatic carbocycles. The van der Waals surface area contributed by atoms with E-state index in [1.807, 2.05) is 24.3 Å². The molecule has 2 N–H and O–H groups in total. The lowest BCUT2D eigenvalue weighted by molar-refractivity contribution is 0.326. The van der Waals surface area contributed by atoms with Crippen LogP contribution >= 0.6 is 0 Å². The number of nitrogens with zero attached hydrogens (tertiary/aromatic N) is 2. The Labute approximate surface area is 195 Å². The molecule has 2 aliphatic rings. The highest BCUT2D eigenvalue weighted by Gasteiger charge is 2.32. The second-order valence-electron chi connectivity index (χ2n) is 9.50. The van der Waals surface area contributed by atoms with Crippen molar-refractivity contribution >= 4 is 22.9 Å². The molecule has 2 aliphatic heterocycles. The third-order valence-corrected chi connectivity index (χ3v) is 6.24. The molecule has 3 aromatic rings. The van der Waals surface area contributed by atoms with Crippen molar-refractivity contribution in [2.45, 2.75) is 32.4 Å². The summed E-state index contributed by atoms with van der Waals surface area (Å²) in [4.78, 5) is 7.17. The molecule has 1 unspecified atom stereocenters. The Morgan fingerprint density at radius 3 is 2.39 bits per heavy atom. The summed E-state index contributed by atoms with van der Waals surface area (Å²) in [5, 5.41) is 7.18. The fourth-order valence-corrected chi connectivity index (χ4v) is 4.32. The van der Waals surface area contributed by atoms with Gasteiger partial charge in [-0.05, 0) is 46.9 Å². The van der Waals surface area contributed by atoms with Crippen molar-refractivity contribution in [3.05, 3.63) is 95.6 Å². The second kappa shape index (κ2) is 8.32.